The van der Waals surface area contributed by atoms with E-state index >= 15 is 0 Å². The fourth-order valence-electron chi connectivity index (χ4n) is 9.15. The summed E-state index contributed by atoms with van der Waals surface area (Å²) in [5.74, 6) is 1.72. The molecule has 0 bridgehead atoms. The molecule has 4 heterocycles. The van der Waals surface area contributed by atoms with Crippen molar-refractivity contribution in [2.45, 2.75) is 20.3 Å². The lowest BCUT2D eigenvalue weighted by Crippen LogP contribution is -2.07. The maximum Gasteiger partial charge on any atom is 0.238 e. The highest BCUT2D eigenvalue weighted by atomic mass is 32.1. The third-order valence-corrected chi connectivity index (χ3v) is 13.0. The predicted molar refractivity (Wildman–Crippen MR) is 262 cm³/mol. The van der Waals surface area contributed by atoms with Crippen LogP contribution in [-0.2, 0) is 0 Å². The highest BCUT2D eigenvalue weighted by Crippen LogP contribution is 2.44. The maximum atomic E-state index is 6.36. The lowest BCUT2D eigenvalue weighted by Gasteiger charge is -2.14. The van der Waals surface area contributed by atoms with Crippen molar-refractivity contribution in [1.82, 2.24) is 19.5 Å². The van der Waals surface area contributed by atoms with Gasteiger partial charge in [-0.2, -0.15) is 9.97 Å². The Hall–Kier alpha value is -7.67. The van der Waals surface area contributed by atoms with Gasteiger partial charge in [-0.1, -0.05) is 172 Å². The number of hydrogen-bond acceptors (Lipinski definition) is 5. The second kappa shape index (κ2) is 14.5. The van der Waals surface area contributed by atoms with Crippen LogP contribution in [0.2, 0.25) is 0 Å². The average Bonchev–Trinajstić information content (AvgIpc) is 4.01. The van der Waals surface area contributed by atoms with E-state index in [0.29, 0.717) is 17.6 Å². The molecule has 0 radical (unpaired) electrons. The Bertz CT molecular complexity index is 3880. The van der Waals surface area contributed by atoms with E-state index in [2.05, 4.69) is 164 Å². The number of rotatable bonds is 4. The molecule has 0 atom stereocenters. The number of aromatic nitrogens is 4. The van der Waals surface area contributed by atoms with Gasteiger partial charge in [0.15, 0.2) is 11.6 Å². The Kier molecular flexibility index (Phi) is 8.47. The average molecular weight is 815 g/mol. The summed E-state index contributed by atoms with van der Waals surface area (Å²) in [6, 6.07) is 64.4. The summed E-state index contributed by atoms with van der Waals surface area (Å²) in [6.45, 7) is 4.25. The standard InChI is InChI=1S/C53H30N4OS.C3H8/c1-2-13-33(14-3-1)51-54-52(35-23-25-40-39-17-8-9-20-44(39)58-45(40)29-35)56-53(55-51)57-49-37-16-7-5-12-32(37)21-26-42(49)41-19-10-18-38(50(41)57)34-22-27-43-47(30-34)59-46-28-24-31-11-4-6-15-36(31)48(43)46;1-3-2/h1-30H;3H2,1-2H3. The molecular formula is C56H38N4OS. The number of furan rings is 1. The molecule has 4 aromatic heterocycles. The first-order valence-electron chi connectivity index (χ1n) is 21.2. The van der Waals surface area contributed by atoms with Gasteiger partial charge >= 0.3 is 0 Å². The van der Waals surface area contributed by atoms with Crippen molar-refractivity contribution in [2.75, 3.05) is 0 Å². The zero-order chi connectivity index (χ0) is 41.3. The third-order valence-electron chi connectivity index (χ3n) is 11.8. The van der Waals surface area contributed by atoms with Gasteiger partial charge in [0.25, 0.3) is 0 Å². The lowest BCUT2D eigenvalue weighted by molar-refractivity contribution is 0.669. The van der Waals surface area contributed by atoms with Crippen LogP contribution in [0.15, 0.2) is 186 Å². The van der Waals surface area contributed by atoms with E-state index < -0.39 is 0 Å². The van der Waals surface area contributed by atoms with E-state index in [-0.39, 0.29) is 0 Å². The first kappa shape index (κ1) is 36.2. The van der Waals surface area contributed by atoms with Gasteiger partial charge in [0, 0.05) is 63.8 Å². The van der Waals surface area contributed by atoms with Crippen LogP contribution in [0.25, 0.3) is 125 Å². The van der Waals surface area contributed by atoms with Gasteiger partial charge in [0.1, 0.15) is 11.2 Å². The number of para-hydroxylation sites is 2. The molecule has 294 valence electrons. The summed E-state index contributed by atoms with van der Waals surface area (Å²) in [5, 5.41) is 11.8. The van der Waals surface area contributed by atoms with Gasteiger partial charge in [-0.15, -0.1) is 11.3 Å². The van der Waals surface area contributed by atoms with Crippen LogP contribution >= 0.6 is 11.3 Å². The molecule has 5 nitrogen and oxygen atoms in total. The van der Waals surface area contributed by atoms with Gasteiger partial charge in [0.2, 0.25) is 5.95 Å². The summed E-state index contributed by atoms with van der Waals surface area (Å²) in [4.78, 5) is 15.9. The summed E-state index contributed by atoms with van der Waals surface area (Å²) < 4.78 is 11.2. The highest BCUT2D eigenvalue weighted by Gasteiger charge is 2.23. The topological polar surface area (TPSA) is 56.7 Å². The number of benzene rings is 9. The lowest BCUT2D eigenvalue weighted by atomic mass is 9.99. The van der Waals surface area contributed by atoms with Crippen LogP contribution in [0.1, 0.15) is 20.3 Å². The van der Waals surface area contributed by atoms with E-state index in [9.17, 15) is 0 Å². The van der Waals surface area contributed by atoms with Gasteiger partial charge < -0.3 is 4.42 Å². The summed E-state index contributed by atoms with van der Waals surface area (Å²) in [6.07, 6.45) is 1.25. The zero-order valence-corrected chi connectivity index (χ0v) is 34.9. The molecule has 9 aromatic carbocycles. The van der Waals surface area contributed by atoms with Crippen molar-refractivity contribution in [3.05, 3.63) is 182 Å². The molecule has 13 aromatic rings. The Balaban J connectivity index is 0.00000133. The predicted octanol–water partition coefficient (Wildman–Crippen LogP) is 16.0. The molecule has 0 saturated heterocycles. The minimum Gasteiger partial charge on any atom is -0.456 e. The molecular weight excluding hydrogens is 777 g/mol. The zero-order valence-electron chi connectivity index (χ0n) is 34.1. The molecule has 0 unspecified atom stereocenters. The van der Waals surface area contributed by atoms with Crippen LogP contribution in [0.4, 0.5) is 0 Å². The molecule has 0 aliphatic carbocycles. The minimum atomic E-state index is 0.553. The summed E-state index contributed by atoms with van der Waals surface area (Å²) in [5.41, 5.74) is 7.77. The fraction of sp³-hybridized carbons (Fsp3) is 0.0536. The minimum absolute atomic E-state index is 0.553. The van der Waals surface area contributed by atoms with Crippen molar-refractivity contribution in [3.8, 4) is 39.9 Å². The van der Waals surface area contributed by atoms with E-state index in [1.54, 1.807) is 0 Å². The van der Waals surface area contributed by atoms with Crippen molar-refractivity contribution in [2.24, 2.45) is 0 Å². The van der Waals surface area contributed by atoms with E-state index in [4.69, 9.17) is 19.4 Å². The van der Waals surface area contributed by atoms with Gasteiger partial charge in [0.05, 0.1) is 11.0 Å². The van der Waals surface area contributed by atoms with Gasteiger partial charge in [-0.05, 0) is 52.1 Å². The monoisotopic (exact) mass is 814 g/mol. The Morgan fingerprint density at radius 2 is 1.05 bits per heavy atom. The number of hydrogen-bond donors (Lipinski definition) is 0. The molecule has 13 rings (SSSR count). The molecule has 0 aliphatic rings. The van der Waals surface area contributed by atoms with Gasteiger partial charge in [-0.25, -0.2) is 4.98 Å². The molecule has 0 N–H and O–H groups in total. The maximum absolute atomic E-state index is 6.36. The second-order valence-corrected chi connectivity index (χ2v) is 16.9. The van der Waals surface area contributed by atoms with Crippen molar-refractivity contribution >= 4 is 96.8 Å². The van der Waals surface area contributed by atoms with Crippen molar-refractivity contribution < 1.29 is 4.42 Å². The first-order chi connectivity index (χ1) is 30.6. The van der Waals surface area contributed by atoms with Crippen LogP contribution < -0.4 is 0 Å². The van der Waals surface area contributed by atoms with E-state index in [0.717, 1.165) is 76.8 Å². The molecule has 0 saturated carbocycles. The fourth-order valence-corrected chi connectivity index (χ4v) is 10.3. The van der Waals surface area contributed by atoms with Crippen molar-refractivity contribution in [1.29, 1.82) is 0 Å². The molecule has 0 spiro atoms. The molecule has 0 fully saturated rings. The summed E-state index contributed by atoms with van der Waals surface area (Å²) >= 11 is 1.85. The quantitative estimate of drug-likeness (QED) is 0.178. The molecule has 0 amide bonds. The Labute approximate surface area is 361 Å². The van der Waals surface area contributed by atoms with Crippen LogP contribution in [0.5, 0.6) is 0 Å². The molecule has 62 heavy (non-hydrogen) atoms. The van der Waals surface area contributed by atoms with Crippen LogP contribution in [0.3, 0.4) is 0 Å². The van der Waals surface area contributed by atoms with E-state index in [1.807, 2.05) is 47.7 Å². The molecule has 6 heteroatoms. The van der Waals surface area contributed by atoms with Crippen LogP contribution in [-0.4, -0.2) is 19.5 Å². The number of nitrogens with zero attached hydrogens (tertiary/aromatic N) is 4. The van der Waals surface area contributed by atoms with E-state index in [1.165, 1.54) is 37.4 Å². The normalized spacial score (nSPS) is 11.8. The van der Waals surface area contributed by atoms with Gasteiger partial charge in [-0.3, -0.25) is 4.57 Å². The number of fused-ring (bicyclic) bond motifs is 13. The number of thiophene rings is 1. The van der Waals surface area contributed by atoms with Crippen LogP contribution in [0, 0.1) is 0 Å². The second-order valence-electron chi connectivity index (χ2n) is 15.9. The Morgan fingerprint density at radius 3 is 1.89 bits per heavy atom. The highest BCUT2D eigenvalue weighted by molar-refractivity contribution is 7.26. The Morgan fingerprint density at radius 1 is 0.435 bits per heavy atom. The first-order valence-corrected chi connectivity index (χ1v) is 22.0. The van der Waals surface area contributed by atoms with Crippen molar-refractivity contribution in [3.63, 3.8) is 0 Å². The third kappa shape index (κ3) is 5.71. The molecule has 0 aliphatic heterocycles. The largest absolute Gasteiger partial charge is 0.456 e. The summed E-state index contributed by atoms with van der Waals surface area (Å²) in [7, 11) is 0. The smallest absolute Gasteiger partial charge is 0.238 e. The SMILES string of the molecule is CCC.c1ccc(-c2nc(-c3ccc4c(c3)oc3ccccc34)nc(-n3c4c(-c5ccc6c(c5)sc5ccc7ccccc7c56)cccc4c4ccc5ccccc5c43)n2)cc1.